The second-order valence-corrected chi connectivity index (χ2v) is 0. The number of rotatable bonds is 0. The molecule has 0 aromatic rings. The molecule has 0 amide bonds. The van der Waals surface area contributed by atoms with E-state index in [-0.39, 0.29) is 103 Å². The Kier molecular flexibility index (Phi) is 105. The normalized spacial score (nSPS) is 0. The molecule has 0 atom stereocenters. The maximum Gasteiger partial charge on any atom is 0 e. The van der Waals surface area contributed by atoms with E-state index in [1.807, 2.05) is 0 Å². The van der Waals surface area contributed by atoms with E-state index in [1.54, 1.807) is 0 Å². The molecule has 0 nitrogen and oxygen atoms in total. The Morgan fingerprint density at radius 2 is 1.00 bits per heavy atom. The predicted octanol–water partition coefficient (Wildman–Crippen LogP) is -0.386. The molecule has 0 aliphatic carbocycles. The van der Waals surface area contributed by atoms with Gasteiger partial charge in [-0.15, -0.1) is 0 Å². The fourth-order valence-corrected chi connectivity index (χ4v) is 0. The van der Waals surface area contributed by atoms with Crippen molar-refractivity contribution < 1.29 is 84.2 Å². The fourth-order valence-electron chi connectivity index (χ4n) is 0. The largest absolute Gasteiger partial charge is 0 e. The molecule has 0 bridgehead atoms. The number of hydrogen-bond donors (Lipinski definition) is 0. The van der Waals surface area contributed by atoms with E-state index in [4.69, 9.17) is 0 Å². The molecule has 0 saturated heterocycles. The van der Waals surface area contributed by atoms with Crippen LogP contribution in [0.15, 0.2) is 0 Å². The van der Waals surface area contributed by atoms with Crippen LogP contribution in [0.1, 0.15) is 0 Å². The molecule has 0 aromatic heterocycles. The van der Waals surface area contributed by atoms with Crippen molar-refractivity contribution in [3.63, 3.8) is 0 Å². The maximum atomic E-state index is 0. The van der Waals surface area contributed by atoms with Gasteiger partial charge in [0.2, 0.25) is 0 Å². The summed E-state index contributed by atoms with van der Waals surface area (Å²) < 4.78 is 0. The van der Waals surface area contributed by atoms with Gasteiger partial charge in [-0.1, -0.05) is 0 Å². The summed E-state index contributed by atoms with van der Waals surface area (Å²) in [6, 6.07) is 0. The van der Waals surface area contributed by atoms with Crippen LogP contribution in [-0.2, 0) is 48.6 Å². The van der Waals surface area contributed by atoms with Crippen LogP contribution in [0, 0.1) is 35.6 Å². The van der Waals surface area contributed by atoms with Gasteiger partial charge in [0.25, 0.3) is 0 Å². The zero-order valence-corrected chi connectivity index (χ0v) is 11.8. The van der Waals surface area contributed by atoms with Gasteiger partial charge in [-0.2, -0.15) is 0 Å². The summed E-state index contributed by atoms with van der Waals surface area (Å²) in [4.78, 5) is 0. The monoisotopic (exact) mass is 417 g/mol. The fraction of sp³-hybridized carbons (Fsp3) is 0. The number of hydrogen-bond acceptors (Lipinski definition) is 0. The van der Waals surface area contributed by atoms with Crippen molar-refractivity contribution in [3.8, 4) is 0 Å². The molecule has 4 heavy (non-hydrogen) atoms. The SMILES string of the molecule is [La].[Li].[Ta].[Zr]. The second kappa shape index (κ2) is 16.1. The molecular formula is LaLiTaZr. The van der Waals surface area contributed by atoms with Crippen molar-refractivity contribution in [2.75, 3.05) is 0 Å². The minimum atomic E-state index is 0. The van der Waals surface area contributed by atoms with E-state index in [0.29, 0.717) is 0 Å². The van der Waals surface area contributed by atoms with Crippen molar-refractivity contribution in [2.24, 2.45) is 0 Å². The van der Waals surface area contributed by atoms with Crippen LogP contribution in [0.2, 0.25) is 0 Å². The Morgan fingerprint density at radius 1 is 1.00 bits per heavy atom. The van der Waals surface area contributed by atoms with Gasteiger partial charge in [0.05, 0.1) is 0 Å². The van der Waals surface area contributed by atoms with Gasteiger partial charge in [0.15, 0.2) is 0 Å². The van der Waals surface area contributed by atoms with E-state index in [9.17, 15) is 0 Å². The van der Waals surface area contributed by atoms with Crippen LogP contribution >= 0.6 is 0 Å². The van der Waals surface area contributed by atoms with E-state index < -0.39 is 0 Å². The first kappa shape index (κ1) is 26.2. The van der Waals surface area contributed by atoms with Gasteiger partial charge < -0.3 is 0 Å². The third-order valence-corrected chi connectivity index (χ3v) is 0. The van der Waals surface area contributed by atoms with Crippen molar-refractivity contribution in [2.45, 2.75) is 0 Å². The molecular weight excluding hydrogens is 418 g/mol. The first-order chi connectivity index (χ1) is 0. The van der Waals surface area contributed by atoms with E-state index in [0.717, 1.165) is 0 Å². The predicted molar refractivity (Wildman–Crippen MR) is 5.75 cm³/mol. The summed E-state index contributed by atoms with van der Waals surface area (Å²) in [5.41, 5.74) is 0. The molecule has 13 valence electrons. The van der Waals surface area contributed by atoms with Crippen molar-refractivity contribution in [1.82, 2.24) is 0 Å². The summed E-state index contributed by atoms with van der Waals surface area (Å²) in [5.74, 6) is 0. The average molecular weight is 418 g/mol. The van der Waals surface area contributed by atoms with Crippen LogP contribution in [0.5, 0.6) is 0 Å². The summed E-state index contributed by atoms with van der Waals surface area (Å²) in [5, 5.41) is 0. The summed E-state index contributed by atoms with van der Waals surface area (Å²) in [7, 11) is 0. The van der Waals surface area contributed by atoms with Crippen molar-refractivity contribution in [3.05, 3.63) is 0 Å². The van der Waals surface area contributed by atoms with Crippen LogP contribution in [-0.4, -0.2) is 18.9 Å². The first-order valence-corrected chi connectivity index (χ1v) is 0. The van der Waals surface area contributed by atoms with Gasteiger partial charge in [0.1, 0.15) is 0 Å². The molecule has 0 spiro atoms. The minimum Gasteiger partial charge on any atom is 0 e. The zero-order valence-electron chi connectivity index (χ0n) is 2.52. The standard InChI is InChI=1S/La.Li.Ta.Zr. The Hall–Kier alpha value is 3.42. The Balaban J connectivity index is 0. The van der Waals surface area contributed by atoms with Gasteiger partial charge in [-0.25, -0.2) is 0 Å². The van der Waals surface area contributed by atoms with Gasteiger partial charge in [-0.05, 0) is 0 Å². The quantitative estimate of drug-likeness (QED) is 0.471. The third kappa shape index (κ3) is 9.05. The van der Waals surface area contributed by atoms with Crippen molar-refractivity contribution in [1.29, 1.82) is 0 Å². The molecule has 0 aliphatic rings. The molecule has 0 aromatic carbocycles. The third-order valence-electron chi connectivity index (χ3n) is 0. The van der Waals surface area contributed by atoms with Crippen LogP contribution in [0.4, 0.5) is 0 Å². The molecule has 0 unspecified atom stereocenters. The van der Waals surface area contributed by atoms with Crippen LogP contribution in [0.25, 0.3) is 0 Å². The van der Waals surface area contributed by atoms with E-state index in [2.05, 4.69) is 0 Å². The first-order valence-electron chi connectivity index (χ1n) is 0. The Morgan fingerprint density at radius 3 is 1.00 bits per heavy atom. The van der Waals surface area contributed by atoms with Crippen molar-refractivity contribution >= 4 is 18.9 Å². The van der Waals surface area contributed by atoms with Crippen LogP contribution in [0.3, 0.4) is 0 Å². The van der Waals surface area contributed by atoms with Gasteiger partial charge in [0, 0.05) is 103 Å². The summed E-state index contributed by atoms with van der Waals surface area (Å²) in [6.07, 6.45) is 0. The molecule has 0 fully saturated rings. The molecule has 0 aliphatic heterocycles. The molecule has 0 heterocycles. The molecule has 0 saturated carbocycles. The van der Waals surface area contributed by atoms with Crippen LogP contribution < -0.4 is 0 Å². The maximum absolute atomic E-state index is 0. The zero-order chi connectivity index (χ0) is 0. The Labute approximate surface area is 101 Å². The van der Waals surface area contributed by atoms with Gasteiger partial charge >= 0.3 is 0 Å². The second-order valence-electron chi connectivity index (χ2n) is 0. The summed E-state index contributed by atoms with van der Waals surface area (Å²) in [6.45, 7) is 0. The molecule has 4 heteroatoms. The van der Waals surface area contributed by atoms with E-state index >= 15 is 0 Å². The summed E-state index contributed by atoms with van der Waals surface area (Å²) >= 11 is 0. The smallest absolute Gasteiger partial charge is 0 e. The average Bonchev–Trinajstić information content (AvgIpc) is 0. The Bertz CT molecular complexity index is 8.00. The molecule has 0 rings (SSSR count). The topological polar surface area (TPSA) is 0 Å². The molecule has 0 N–H and O–H groups in total. The minimum absolute atomic E-state index is 0. The van der Waals surface area contributed by atoms with Gasteiger partial charge in [-0.3, -0.25) is 0 Å². The van der Waals surface area contributed by atoms with E-state index in [1.165, 1.54) is 0 Å². The molecule has 3 radical (unpaired) electrons.